The van der Waals surface area contributed by atoms with Crippen molar-refractivity contribution in [3.8, 4) is 11.1 Å². The Kier molecular flexibility index (Phi) is 6.09. The molecular weight excluding hydrogens is 322 g/mol. The minimum absolute atomic E-state index is 0.173. The van der Waals surface area contributed by atoms with Crippen molar-refractivity contribution in [1.82, 2.24) is 15.0 Å². The van der Waals surface area contributed by atoms with Crippen LogP contribution in [0.25, 0.3) is 10.2 Å². The highest BCUT2D eigenvalue weighted by molar-refractivity contribution is 7.20. The van der Waals surface area contributed by atoms with E-state index in [1.807, 2.05) is 52.8 Å². The van der Waals surface area contributed by atoms with Crippen LogP contribution in [0.3, 0.4) is 0 Å². The van der Waals surface area contributed by atoms with Gasteiger partial charge >= 0.3 is 0 Å². The van der Waals surface area contributed by atoms with Gasteiger partial charge in [-0.25, -0.2) is 15.0 Å². The lowest BCUT2D eigenvalue weighted by molar-refractivity contribution is 0.130. The third-order valence-corrected chi connectivity index (χ3v) is 3.49. The second-order valence-corrected chi connectivity index (χ2v) is 7.37. The van der Waals surface area contributed by atoms with Gasteiger partial charge in [-0.3, -0.25) is 0 Å². The molecule has 0 bridgehead atoms. The van der Waals surface area contributed by atoms with E-state index in [9.17, 15) is 0 Å². The van der Waals surface area contributed by atoms with Crippen LogP contribution in [0, 0.1) is 0 Å². The molecular formula is C18H23N3O2S. The van der Waals surface area contributed by atoms with Crippen LogP contribution in [-0.4, -0.2) is 26.7 Å². The number of fused-ring (bicyclic) bond motifs is 1. The zero-order chi connectivity index (χ0) is 17.6. The molecule has 0 unspecified atom stereocenters. The van der Waals surface area contributed by atoms with Gasteiger partial charge < -0.3 is 9.47 Å². The molecule has 0 aliphatic heterocycles. The number of thiazole rings is 1. The predicted molar refractivity (Wildman–Crippen MR) is 97.8 cm³/mol. The highest BCUT2D eigenvalue weighted by atomic mass is 32.1. The molecule has 0 radical (unpaired) electrons. The molecule has 2 aromatic heterocycles. The van der Waals surface area contributed by atoms with Crippen LogP contribution >= 0.6 is 11.3 Å². The topological polar surface area (TPSA) is 57.1 Å². The Balaban J connectivity index is 0.000000185. The van der Waals surface area contributed by atoms with Crippen molar-refractivity contribution in [3.05, 3.63) is 42.9 Å². The summed E-state index contributed by atoms with van der Waals surface area (Å²) in [5.41, 5.74) is 0.838. The monoisotopic (exact) mass is 345 g/mol. The molecule has 0 saturated carbocycles. The summed E-state index contributed by atoms with van der Waals surface area (Å²) in [4.78, 5) is 12.0. The number of hydrogen-bond acceptors (Lipinski definition) is 6. The van der Waals surface area contributed by atoms with Crippen LogP contribution in [-0.2, 0) is 0 Å². The van der Waals surface area contributed by atoms with Crippen molar-refractivity contribution >= 4 is 21.6 Å². The number of aromatic nitrogens is 3. The van der Waals surface area contributed by atoms with Gasteiger partial charge in [0.05, 0.1) is 16.3 Å². The van der Waals surface area contributed by atoms with E-state index in [2.05, 4.69) is 21.0 Å². The van der Waals surface area contributed by atoms with E-state index in [0.29, 0.717) is 5.88 Å². The molecule has 2 heterocycles. The Labute approximate surface area is 146 Å². The zero-order valence-electron chi connectivity index (χ0n) is 14.7. The van der Waals surface area contributed by atoms with Gasteiger partial charge in [0.25, 0.3) is 5.19 Å². The van der Waals surface area contributed by atoms with Crippen LogP contribution in [0.2, 0.25) is 0 Å². The second kappa shape index (κ2) is 8.06. The molecule has 0 saturated heterocycles. The number of benzene rings is 1. The Morgan fingerprint density at radius 3 is 2.42 bits per heavy atom. The van der Waals surface area contributed by atoms with Gasteiger partial charge in [-0.1, -0.05) is 23.5 Å². The van der Waals surface area contributed by atoms with E-state index in [4.69, 9.17) is 9.47 Å². The number of ether oxygens (including phenoxy) is 2. The summed E-state index contributed by atoms with van der Waals surface area (Å²) in [5, 5.41) is 0.749. The van der Waals surface area contributed by atoms with E-state index < -0.39 is 0 Å². The summed E-state index contributed by atoms with van der Waals surface area (Å²) in [6.07, 6.45) is 3.30. The minimum Gasteiger partial charge on any atom is -0.475 e. The fraction of sp³-hybridized carbons (Fsp3) is 0.389. The highest BCUT2D eigenvalue weighted by Gasteiger charge is 2.14. The Hall–Kier alpha value is -2.21. The van der Waals surface area contributed by atoms with E-state index in [-0.39, 0.29) is 11.7 Å². The smallest absolute Gasteiger partial charge is 0.274 e. The Bertz CT molecular complexity index is 719. The van der Waals surface area contributed by atoms with E-state index in [1.54, 1.807) is 23.6 Å². The molecule has 0 amide bonds. The third-order valence-electron chi connectivity index (χ3n) is 2.58. The second-order valence-electron chi connectivity index (χ2n) is 6.38. The van der Waals surface area contributed by atoms with Crippen LogP contribution in [0.15, 0.2) is 42.9 Å². The normalized spacial score (nSPS) is 11.1. The maximum atomic E-state index is 5.69. The molecule has 3 aromatic rings. The predicted octanol–water partition coefficient (Wildman–Crippen LogP) is 4.74. The van der Waals surface area contributed by atoms with Crippen LogP contribution in [0.1, 0.15) is 34.6 Å². The molecule has 5 nitrogen and oxygen atoms in total. The number of rotatable bonds is 3. The molecule has 24 heavy (non-hydrogen) atoms. The quantitative estimate of drug-likeness (QED) is 0.686. The molecule has 0 aliphatic rings. The van der Waals surface area contributed by atoms with Crippen LogP contribution in [0.5, 0.6) is 11.1 Å². The van der Waals surface area contributed by atoms with Crippen LogP contribution in [0.4, 0.5) is 0 Å². The fourth-order valence-electron chi connectivity index (χ4n) is 1.75. The standard InChI is InChI=1S/C11H13NOS.C7H10N2O/c1-11(2,3)13-10-12-8-6-4-5-7-9(8)14-10;1-6(2)10-7-3-4-8-5-9-7/h4-7H,1-3H3;3-6H,1-2H3. The van der Waals surface area contributed by atoms with Gasteiger partial charge in [-0.05, 0) is 46.8 Å². The van der Waals surface area contributed by atoms with Gasteiger partial charge in [0, 0.05) is 12.3 Å². The van der Waals surface area contributed by atoms with Gasteiger partial charge in [-0.15, -0.1) is 0 Å². The molecule has 3 rings (SSSR count). The Morgan fingerprint density at radius 2 is 1.83 bits per heavy atom. The summed E-state index contributed by atoms with van der Waals surface area (Å²) >= 11 is 1.59. The van der Waals surface area contributed by atoms with Gasteiger partial charge in [0.1, 0.15) is 11.9 Å². The molecule has 0 aliphatic carbocycles. The lowest BCUT2D eigenvalue weighted by atomic mass is 10.2. The van der Waals surface area contributed by atoms with Crippen molar-refractivity contribution in [2.75, 3.05) is 0 Å². The molecule has 0 N–H and O–H groups in total. The maximum absolute atomic E-state index is 5.69. The van der Waals surface area contributed by atoms with Crippen molar-refractivity contribution in [3.63, 3.8) is 0 Å². The maximum Gasteiger partial charge on any atom is 0.274 e. The molecule has 128 valence electrons. The molecule has 1 aromatic carbocycles. The summed E-state index contributed by atoms with van der Waals surface area (Å²) in [6.45, 7) is 10.0. The fourth-order valence-corrected chi connectivity index (χ4v) is 2.74. The lowest BCUT2D eigenvalue weighted by Crippen LogP contribution is -2.22. The first kappa shape index (κ1) is 18.1. The summed E-state index contributed by atoms with van der Waals surface area (Å²) in [5.74, 6) is 0.630. The van der Waals surface area contributed by atoms with Crippen molar-refractivity contribution in [2.24, 2.45) is 0 Å². The van der Waals surface area contributed by atoms with Gasteiger partial charge in [0.15, 0.2) is 0 Å². The summed E-state index contributed by atoms with van der Waals surface area (Å²) in [7, 11) is 0. The summed E-state index contributed by atoms with van der Waals surface area (Å²) < 4.78 is 12.1. The van der Waals surface area contributed by atoms with Crippen molar-refractivity contribution < 1.29 is 9.47 Å². The van der Waals surface area contributed by atoms with Gasteiger partial charge in [-0.2, -0.15) is 0 Å². The first-order valence-corrected chi connectivity index (χ1v) is 8.62. The number of nitrogens with zero attached hydrogens (tertiary/aromatic N) is 3. The lowest BCUT2D eigenvalue weighted by Gasteiger charge is -2.18. The average Bonchev–Trinajstić information content (AvgIpc) is 2.88. The first-order chi connectivity index (χ1) is 11.3. The zero-order valence-corrected chi connectivity index (χ0v) is 15.5. The average molecular weight is 345 g/mol. The van der Waals surface area contributed by atoms with E-state index >= 15 is 0 Å². The van der Waals surface area contributed by atoms with Crippen LogP contribution < -0.4 is 9.47 Å². The molecule has 0 fully saturated rings. The molecule has 0 atom stereocenters. The first-order valence-electron chi connectivity index (χ1n) is 7.81. The van der Waals surface area contributed by atoms with Gasteiger partial charge in [0.2, 0.25) is 5.88 Å². The number of para-hydroxylation sites is 1. The summed E-state index contributed by atoms with van der Waals surface area (Å²) in [6, 6.07) is 9.80. The van der Waals surface area contributed by atoms with Crippen molar-refractivity contribution in [2.45, 2.75) is 46.3 Å². The van der Waals surface area contributed by atoms with E-state index in [1.165, 1.54) is 11.0 Å². The number of hydrogen-bond donors (Lipinski definition) is 0. The Morgan fingerprint density at radius 1 is 1.08 bits per heavy atom. The highest BCUT2D eigenvalue weighted by Crippen LogP contribution is 2.29. The minimum atomic E-state index is -0.173. The largest absolute Gasteiger partial charge is 0.475 e. The molecule has 6 heteroatoms. The van der Waals surface area contributed by atoms with E-state index in [0.717, 1.165) is 10.7 Å². The molecule has 0 spiro atoms. The third kappa shape index (κ3) is 6.12. The SMILES string of the molecule is CC(C)(C)Oc1nc2ccccc2s1.CC(C)Oc1ccncn1. The van der Waals surface area contributed by atoms with Crippen molar-refractivity contribution in [1.29, 1.82) is 0 Å².